The van der Waals surface area contributed by atoms with E-state index in [2.05, 4.69) is 0 Å². The summed E-state index contributed by atoms with van der Waals surface area (Å²) in [7, 11) is 3.96. The number of halogens is 1. The molecule has 1 N–H and O–H groups in total. The molecule has 0 aromatic heterocycles. The third kappa shape index (κ3) is 3.44. The Hall–Kier alpha value is -1.71. The van der Waals surface area contributed by atoms with Crippen molar-refractivity contribution in [3.63, 3.8) is 0 Å². The largest absolute Gasteiger partial charge is 0.457 e. The molecular weight excluding hydrogens is 274 g/mol. The molecule has 0 bridgehead atoms. The normalized spacial score (nSPS) is 12.1. The number of benzene rings is 2. The maximum absolute atomic E-state index is 9.55. The summed E-state index contributed by atoms with van der Waals surface area (Å²) in [5.74, 6) is 1.40. The molecule has 106 valence electrons. The van der Waals surface area contributed by atoms with Crippen molar-refractivity contribution < 1.29 is 9.84 Å². The van der Waals surface area contributed by atoms with Crippen LogP contribution in [0.2, 0.25) is 5.02 Å². The molecule has 1 atom stereocenters. The standard InChI is InChI=1S/C16H18ClNO2/c1-11(19)15-8-7-14(10-16(15)17)20-13-6-4-5-12(9-13)18(2)3/h4-11,19H,1-3H3. The van der Waals surface area contributed by atoms with Crippen molar-refractivity contribution in [1.82, 2.24) is 0 Å². The van der Waals surface area contributed by atoms with Crippen LogP contribution in [0.1, 0.15) is 18.6 Å². The lowest BCUT2D eigenvalue weighted by Gasteiger charge is -2.14. The molecule has 2 aromatic carbocycles. The van der Waals surface area contributed by atoms with Gasteiger partial charge in [-0.25, -0.2) is 0 Å². The van der Waals surface area contributed by atoms with Gasteiger partial charge in [-0.2, -0.15) is 0 Å². The predicted molar refractivity (Wildman–Crippen MR) is 82.9 cm³/mol. The molecule has 0 spiro atoms. The molecule has 0 fully saturated rings. The molecule has 1 unspecified atom stereocenters. The van der Waals surface area contributed by atoms with E-state index in [1.807, 2.05) is 43.3 Å². The minimum Gasteiger partial charge on any atom is -0.457 e. The molecule has 0 amide bonds. The second-order valence-corrected chi connectivity index (χ2v) is 5.26. The molecule has 2 aromatic rings. The fourth-order valence-corrected chi connectivity index (χ4v) is 2.20. The average Bonchev–Trinajstić information content (AvgIpc) is 2.38. The van der Waals surface area contributed by atoms with Crippen LogP contribution in [0.4, 0.5) is 5.69 Å². The van der Waals surface area contributed by atoms with Gasteiger partial charge in [-0.05, 0) is 36.8 Å². The Kier molecular flexibility index (Phi) is 4.53. The molecular formula is C16H18ClNO2. The van der Waals surface area contributed by atoms with Crippen molar-refractivity contribution >= 4 is 17.3 Å². The molecule has 3 nitrogen and oxygen atoms in total. The zero-order valence-corrected chi connectivity index (χ0v) is 12.6. The highest BCUT2D eigenvalue weighted by Gasteiger charge is 2.08. The van der Waals surface area contributed by atoms with Gasteiger partial charge in [0.1, 0.15) is 11.5 Å². The van der Waals surface area contributed by atoms with Gasteiger partial charge in [-0.15, -0.1) is 0 Å². The van der Waals surface area contributed by atoms with Crippen LogP contribution in [-0.2, 0) is 0 Å². The third-order valence-electron chi connectivity index (χ3n) is 2.99. The fraction of sp³-hybridized carbons (Fsp3) is 0.250. The first kappa shape index (κ1) is 14.7. The van der Waals surface area contributed by atoms with Crippen molar-refractivity contribution in [2.45, 2.75) is 13.0 Å². The van der Waals surface area contributed by atoms with Crippen LogP contribution in [0.15, 0.2) is 42.5 Å². The van der Waals surface area contributed by atoms with Gasteiger partial charge in [-0.1, -0.05) is 23.7 Å². The Morgan fingerprint density at radius 2 is 1.80 bits per heavy atom. The van der Waals surface area contributed by atoms with Crippen LogP contribution in [0.3, 0.4) is 0 Å². The molecule has 0 radical (unpaired) electrons. The van der Waals surface area contributed by atoms with Crippen molar-refractivity contribution in [2.24, 2.45) is 0 Å². The summed E-state index contributed by atoms with van der Waals surface area (Å²) in [6.07, 6.45) is -0.589. The summed E-state index contributed by atoms with van der Waals surface area (Å²) in [4.78, 5) is 2.01. The van der Waals surface area contributed by atoms with Crippen LogP contribution in [-0.4, -0.2) is 19.2 Å². The summed E-state index contributed by atoms with van der Waals surface area (Å²) in [6.45, 7) is 1.68. The number of anilines is 1. The molecule has 0 heterocycles. The number of rotatable bonds is 4. The first-order valence-electron chi connectivity index (χ1n) is 6.40. The van der Waals surface area contributed by atoms with E-state index in [1.165, 1.54) is 0 Å². The van der Waals surface area contributed by atoms with Crippen molar-refractivity contribution in [1.29, 1.82) is 0 Å². The number of hydrogen-bond donors (Lipinski definition) is 1. The maximum atomic E-state index is 9.55. The van der Waals surface area contributed by atoms with E-state index in [0.29, 0.717) is 16.3 Å². The van der Waals surface area contributed by atoms with Crippen LogP contribution >= 0.6 is 11.6 Å². The topological polar surface area (TPSA) is 32.7 Å². The molecule has 0 aliphatic rings. The van der Waals surface area contributed by atoms with Gasteiger partial charge < -0.3 is 14.7 Å². The minimum atomic E-state index is -0.589. The Morgan fingerprint density at radius 3 is 2.40 bits per heavy atom. The summed E-state index contributed by atoms with van der Waals surface area (Å²) >= 11 is 6.12. The van der Waals surface area contributed by atoms with Gasteiger partial charge in [-0.3, -0.25) is 0 Å². The Labute approximate surface area is 124 Å². The molecule has 4 heteroatoms. The summed E-state index contributed by atoms with van der Waals surface area (Å²) in [5, 5.41) is 10.1. The summed E-state index contributed by atoms with van der Waals surface area (Å²) < 4.78 is 5.79. The van der Waals surface area contributed by atoms with E-state index in [-0.39, 0.29) is 0 Å². The van der Waals surface area contributed by atoms with Crippen LogP contribution in [0, 0.1) is 0 Å². The number of nitrogens with zero attached hydrogens (tertiary/aromatic N) is 1. The number of ether oxygens (including phenoxy) is 1. The second kappa shape index (κ2) is 6.16. The third-order valence-corrected chi connectivity index (χ3v) is 3.32. The Balaban J connectivity index is 2.22. The van der Waals surface area contributed by atoms with Gasteiger partial charge in [0.15, 0.2) is 0 Å². The Bertz CT molecular complexity index is 597. The molecule has 0 saturated heterocycles. The lowest BCUT2D eigenvalue weighted by Crippen LogP contribution is -2.08. The lowest BCUT2D eigenvalue weighted by molar-refractivity contribution is 0.199. The van der Waals surface area contributed by atoms with Crippen molar-refractivity contribution in [3.05, 3.63) is 53.1 Å². The van der Waals surface area contributed by atoms with Gasteiger partial charge in [0, 0.05) is 25.8 Å². The quantitative estimate of drug-likeness (QED) is 0.914. The van der Waals surface area contributed by atoms with Crippen molar-refractivity contribution in [3.8, 4) is 11.5 Å². The van der Waals surface area contributed by atoms with Crippen LogP contribution in [0.5, 0.6) is 11.5 Å². The maximum Gasteiger partial charge on any atom is 0.129 e. The van der Waals surface area contributed by atoms with E-state index in [9.17, 15) is 5.11 Å². The van der Waals surface area contributed by atoms with E-state index >= 15 is 0 Å². The Morgan fingerprint density at radius 1 is 1.10 bits per heavy atom. The van der Waals surface area contributed by atoms with E-state index in [4.69, 9.17) is 16.3 Å². The second-order valence-electron chi connectivity index (χ2n) is 4.85. The number of aliphatic hydroxyl groups excluding tert-OH is 1. The first-order chi connectivity index (χ1) is 9.47. The molecule has 0 aliphatic heterocycles. The highest BCUT2D eigenvalue weighted by molar-refractivity contribution is 6.31. The summed E-state index contributed by atoms with van der Waals surface area (Å²) in [6, 6.07) is 13.1. The van der Waals surface area contributed by atoms with E-state index in [1.54, 1.807) is 25.1 Å². The zero-order valence-electron chi connectivity index (χ0n) is 11.8. The highest BCUT2D eigenvalue weighted by Crippen LogP contribution is 2.30. The molecule has 0 saturated carbocycles. The predicted octanol–water partition coefficient (Wildman–Crippen LogP) is 4.25. The van der Waals surface area contributed by atoms with Crippen LogP contribution in [0.25, 0.3) is 0 Å². The van der Waals surface area contributed by atoms with E-state index in [0.717, 1.165) is 11.4 Å². The lowest BCUT2D eigenvalue weighted by atomic mass is 10.1. The van der Waals surface area contributed by atoms with Gasteiger partial charge in [0.2, 0.25) is 0 Å². The summed E-state index contributed by atoms with van der Waals surface area (Å²) in [5.41, 5.74) is 1.76. The smallest absolute Gasteiger partial charge is 0.129 e. The van der Waals surface area contributed by atoms with Gasteiger partial charge >= 0.3 is 0 Å². The average molecular weight is 292 g/mol. The molecule has 20 heavy (non-hydrogen) atoms. The first-order valence-corrected chi connectivity index (χ1v) is 6.78. The van der Waals surface area contributed by atoms with E-state index < -0.39 is 6.10 Å². The monoisotopic (exact) mass is 291 g/mol. The number of aliphatic hydroxyl groups is 1. The number of hydrogen-bond acceptors (Lipinski definition) is 3. The zero-order chi connectivity index (χ0) is 14.7. The highest BCUT2D eigenvalue weighted by atomic mass is 35.5. The van der Waals surface area contributed by atoms with Gasteiger partial charge in [0.25, 0.3) is 0 Å². The SMILES string of the molecule is CC(O)c1ccc(Oc2cccc(N(C)C)c2)cc1Cl. The van der Waals surface area contributed by atoms with Crippen molar-refractivity contribution in [2.75, 3.05) is 19.0 Å². The minimum absolute atomic E-state index is 0.501. The van der Waals surface area contributed by atoms with Gasteiger partial charge in [0.05, 0.1) is 11.1 Å². The van der Waals surface area contributed by atoms with Crippen LogP contribution < -0.4 is 9.64 Å². The fourth-order valence-electron chi connectivity index (χ4n) is 1.87. The molecule has 0 aliphatic carbocycles. The molecule has 2 rings (SSSR count).